The first-order chi connectivity index (χ1) is 8.27. The van der Waals surface area contributed by atoms with Gasteiger partial charge < -0.3 is 5.32 Å². The van der Waals surface area contributed by atoms with Gasteiger partial charge in [-0.1, -0.05) is 39.5 Å². The first kappa shape index (κ1) is 15.0. The van der Waals surface area contributed by atoms with E-state index in [1.165, 1.54) is 64.6 Å². The lowest BCUT2D eigenvalue weighted by atomic mass is 10.1. The molecule has 0 aromatic rings. The fourth-order valence-corrected chi connectivity index (χ4v) is 2.71. The maximum Gasteiger partial charge on any atom is 0.0192 e. The molecular formula is C15H32N2. The fourth-order valence-electron chi connectivity index (χ4n) is 2.71. The van der Waals surface area contributed by atoms with E-state index in [0.29, 0.717) is 0 Å². The standard InChI is InChI=1S/C15H32N2/c1-4-6-7-8-9-12-17-13-15(5-2)16-11-10-14(17)3/h14-16H,4-13H2,1-3H3. The van der Waals surface area contributed by atoms with E-state index in [4.69, 9.17) is 0 Å². The second kappa shape index (κ2) is 8.93. The van der Waals surface area contributed by atoms with E-state index < -0.39 is 0 Å². The second-order valence-electron chi connectivity index (χ2n) is 5.61. The predicted molar refractivity (Wildman–Crippen MR) is 76.5 cm³/mol. The fraction of sp³-hybridized carbons (Fsp3) is 1.00. The molecule has 0 spiro atoms. The number of unbranched alkanes of at least 4 members (excludes halogenated alkanes) is 4. The Kier molecular flexibility index (Phi) is 7.87. The Labute approximate surface area is 108 Å². The van der Waals surface area contributed by atoms with Crippen molar-refractivity contribution in [2.24, 2.45) is 0 Å². The third kappa shape index (κ3) is 5.87. The van der Waals surface area contributed by atoms with E-state index in [0.717, 1.165) is 12.1 Å². The molecule has 0 aliphatic carbocycles. The first-order valence-electron chi connectivity index (χ1n) is 7.75. The molecule has 17 heavy (non-hydrogen) atoms. The minimum atomic E-state index is 0.718. The summed E-state index contributed by atoms with van der Waals surface area (Å²) in [5.74, 6) is 0. The molecule has 1 N–H and O–H groups in total. The van der Waals surface area contributed by atoms with Gasteiger partial charge in [-0.3, -0.25) is 4.90 Å². The van der Waals surface area contributed by atoms with Crippen molar-refractivity contribution in [2.75, 3.05) is 19.6 Å². The van der Waals surface area contributed by atoms with Crippen LogP contribution in [0.2, 0.25) is 0 Å². The van der Waals surface area contributed by atoms with E-state index in [1.807, 2.05) is 0 Å². The molecule has 0 aromatic heterocycles. The quantitative estimate of drug-likeness (QED) is 0.686. The molecule has 2 unspecified atom stereocenters. The highest BCUT2D eigenvalue weighted by Crippen LogP contribution is 2.12. The van der Waals surface area contributed by atoms with Gasteiger partial charge in [0.15, 0.2) is 0 Å². The Bertz CT molecular complexity index is 182. The molecule has 0 amide bonds. The van der Waals surface area contributed by atoms with Gasteiger partial charge in [0.05, 0.1) is 0 Å². The molecule has 0 bridgehead atoms. The smallest absolute Gasteiger partial charge is 0.0192 e. The molecule has 1 rings (SSSR count). The number of rotatable bonds is 7. The Morgan fingerprint density at radius 2 is 1.88 bits per heavy atom. The number of nitrogens with one attached hydrogen (secondary N) is 1. The van der Waals surface area contributed by atoms with E-state index in [-0.39, 0.29) is 0 Å². The van der Waals surface area contributed by atoms with Gasteiger partial charge in [0.25, 0.3) is 0 Å². The monoisotopic (exact) mass is 240 g/mol. The van der Waals surface area contributed by atoms with Crippen molar-refractivity contribution >= 4 is 0 Å². The third-order valence-electron chi connectivity index (χ3n) is 4.12. The van der Waals surface area contributed by atoms with Crippen LogP contribution in [0, 0.1) is 0 Å². The summed E-state index contributed by atoms with van der Waals surface area (Å²) in [5, 5.41) is 3.66. The summed E-state index contributed by atoms with van der Waals surface area (Å²) in [5.41, 5.74) is 0. The molecule has 2 nitrogen and oxygen atoms in total. The summed E-state index contributed by atoms with van der Waals surface area (Å²) < 4.78 is 0. The van der Waals surface area contributed by atoms with Crippen LogP contribution in [0.25, 0.3) is 0 Å². The van der Waals surface area contributed by atoms with Crippen LogP contribution in [0.1, 0.15) is 65.7 Å². The molecule has 1 heterocycles. The maximum absolute atomic E-state index is 3.66. The number of hydrogen-bond acceptors (Lipinski definition) is 2. The highest BCUT2D eigenvalue weighted by atomic mass is 15.2. The zero-order valence-electron chi connectivity index (χ0n) is 12.2. The lowest BCUT2D eigenvalue weighted by Crippen LogP contribution is -2.40. The van der Waals surface area contributed by atoms with Crippen LogP contribution < -0.4 is 5.32 Å². The van der Waals surface area contributed by atoms with Gasteiger partial charge in [-0.15, -0.1) is 0 Å². The number of hydrogen-bond donors (Lipinski definition) is 1. The summed E-state index contributed by atoms with van der Waals surface area (Å²) in [4.78, 5) is 2.71. The average Bonchev–Trinajstić information content (AvgIpc) is 2.51. The van der Waals surface area contributed by atoms with E-state index >= 15 is 0 Å². The molecule has 0 aromatic carbocycles. The number of nitrogens with zero attached hydrogens (tertiary/aromatic N) is 1. The SMILES string of the molecule is CCCCCCCN1CC(CC)NCCC1C. The van der Waals surface area contributed by atoms with Crippen molar-refractivity contribution in [3.05, 3.63) is 0 Å². The van der Waals surface area contributed by atoms with Crippen molar-refractivity contribution in [1.82, 2.24) is 10.2 Å². The van der Waals surface area contributed by atoms with Crippen LogP contribution in [0.4, 0.5) is 0 Å². The van der Waals surface area contributed by atoms with Crippen LogP contribution in [-0.2, 0) is 0 Å². The summed E-state index contributed by atoms with van der Waals surface area (Å²) in [6, 6.07) is 1.49. The van der Waals surface area contributed by atoms with Gasteiger partial charge in [0.2, 0.25) is 0 Å². The van der Waals surface area contributed by atoms with Gasteiger partial charge in [0, 0.05) is 18.6 Å². The maximum atomic E-state index is 3.66. The normalized spacial score (nSPS) is 27.0. The Balaban J connectivity index is 2.22. The van der Waals surface area contributed by atoms with E-state index in [1.54, 1.807) is 0 Å². The summed E-state index contributed by atoms with van der Waals surface area (Å²) in [6.07, 6.45) is 9.57. The predicted octanol–water partition coefficient (Wildman–Crippen LogP) is 3.42. The molecule has 0 saturated carbocycles. The molecule has 102 valence electrons. The minimum absolute atomic E-state index is 0.718. The van der Waals surface area contributed by atoms with Crippen molar-refractivity contribution in [1.29, 1.82) is 0 Å². The Hall–Kier alpha value is -0.0800. The Morgan fingerprint density at radius 3 is 2.59 bits per heavy atom. The molecule has 1 fully saturated rings. The van der Waals surface area contributed by atoms with Crippen LogP contribution in [0.15, 0.2) is 0 Å². The van der Waals surface area contributed by atoms with Gasteiger partial charge in [-0.2, -0.15) is 0 Å². The highest BCUT2D eigenvalue weighted by molar-refractivity contribution is 4.80. The lowest BCUT2D eigenvalue weighted by molar-refractivity contribution is 0.199. The zero-order valence-corrected chi connectivity index (χ0v) is 12.2. The van der Waals surface area contributed by atoms with Crippen molar-refractivity contribution < 1.29 is 0 Å². The molecule has 0 radical (unpaired) electrons. The van der Waals surface area contributed by atoms with E-state index in [2.05, 4.69) is 31.0 Å². The highest BCUT2D eigenvalue weighted by Gasteiger charge is 2.20. The van der Waals surface area contributed by atoms with Crippen LogP contribution in [0.5, 0.6) is 0 Å². The third-order valence-corrected chi connectivity index (χ3v) is 4.12. The van der Waals surface area contributed by atoms with Gasteiger partial charge in [0.1, 0.15) is 0 Å². The summed E-state index contributed by atoms with van der Waals surface area (Å²) in [6.45, 7) is 10.7. The molecule has 1 aliphatic heterocycles. The second-order valence-corrected chi connectivity index (χ2v) is 5.61. The molecular weight excluding hydrogens is 208 g/mol. The summed E-state index contributed by atoms with van der Waals surface area (Å²) in [7, 11) is 0. The van der Waals surface area contributed by atoms with E-state index in [9.17, 15) is 0 Å². The van der Waals surface area contributed by atoms with Crippen molar-refractivity contribution in [3.63, 3.8) is 0 Å². The van der Waals surface area contributed by atoms with Crippen molar-refractivity contribution in [2.45, 2.75) is 77.8 Å². The largest absolute Gasteiger partial charge is 0.313 e. The van der Waals surface area contributed by atoms with Crippen LogP contribution in [-0.4, -0.2) is 36.6 Å². The van der Waals surface area contributed by atoms with Gasteiger partial charge in [-0.25, -0.2) is 0 Å². The van der Waals surface area contributed by atoms with Crippen molar-refractivity contribution in [3.8, 4) is 0 Å². The molecule has 1 aliphatic rings. The van der Waals surface area contributed by atoms with Gasteiger partial charge >= 0.3 is 0 Å². The van der Waals surface area contributed by atoms with Gasteiger partial charge in [-0.05, 0) is 39.3 Å². The summed E-state index contributed by atoms with van der Waals surface area (Å²) >= 11 is 0. The minimum Gasteiger partial charge on any atom is -0.313 e. The zero-order chi connectivity index (χ0) is 12.5. The lowest BCUT2D eigenvalue weighted by Gasteiger charge is -2.28. The van der Waals surface area contributed by atoms with Crippen LogP contribution >= 0.6 is 0 Å². The van der Waals surface area contributed by atoms with Crippen LogP contribution in [0.3, 0.4) is 0 Å². The first-order valence-corrected chi connectivity index (χ1v) is 7.75. The molecule has 1 saturated heterocycles. The molecule has 2 atom stereocenters. The average molecular weight is 240 g/mol. The molecule has 2 heteroatoms. The Morgan fingerprint density at radius 1 is 1.12 bits per heavy atom. The topological polar surface area (TPSA) is 15.3 Å².